The molecular formula is C12H19N3O3. The predicted octanol–water partition coefficient (Wildman–Crippen LogP) is 0.860. The number of aliphatic carboxylic acids is 1. The van der Waals surface area contributed by atoms with Crippen LogP contribution in [0.5, 0.6) is 0 Å². The summed E-state index contributed by atoms with van der Waals surface area (Å²) in [6.07, 6.45) is -0.0988. The maximum Gasteiger partial charge on any atom is 0.303 e. The van der Waals surface area contributed by atoms with Gasteiger partial charge in [-0.3, -0.25) is 14.3 Å². The first-order valence-electron chi connectivity index (χ1n) is 5.77. The van der Waals surface area contributed by atoms with Gasteiger partial charge in [-0.1, -0.05) is 0 Å². The number of carboxylic acids is 1. The fraction of sp³-hybridized carbons (Fsp3) is 0.583. The minimum atomic E-state index is -0.953. The minimum absolute atomic E-state index is 0.0319. The molecule has 0 saturated carbocycles. The van der Waals surface area contributed by atoms with E-state index in [2.05, 4.69) is 5.10 Å². The molecule has 0 aromatic carbocycles. The van der Waals surface area contributed by atoms with Crippen molar-refractivity contribution >= 4 is 11.9 Å². The van der Waals surface area contributed by atoms with Crippen molar-refractivity contribution in [3.05, 3.63) is 17.0 Å². The quantitative estimate of drug-likeness (QED) is 0.844. The molecule has 1 aromatic rings. The van der Waals surface area contributed by atoms with Crippen LogP contribution in [0.4, 0.5) is 0 Å². The van der Waals surface area contributed by atoms with E-state index in [1.165, 1.54) is 0 Å². The van der Waals surface area contributed by atoms with Gasteiger partial charge in [-0.05, 0) is 13.8 Å². The van der Waals surface area contributed by atoms with Crippen LogP contribution in [0.2, 0.25) is 0 Å². The van der Waals surface area contributed by atoms with Gasteiger partial charge in [0.05, 0.1) is 12.1 Å². The van der Waals surface area contributed by atoms with E-state index >= 15 is 0 Å². The zero-order chi connectivity index (χ0) is 13.9. The molecule has 0 saturated heterocycles. The molecule has 0 unspecified atom stereocenters. The first-order chi connectivity index (χ1) is 8.32. The fourth-order valence-electron chi connectivity index (χ4n) is 1.78. The SMILES string of the molecule is Cc1nn(C)c(C)c1CN(C)C(=O)CCC(=O)O. The van der Waals surface area contributed by atoms with Gasteiger partial charge in [0.2, 0.25) is 5.91 Å². The van der Waals surface area contributed by atoms with Gasteiger partial charge in [0, 0.05) is 38.3 Å². The molecular weight excluding hydrogens is 234 g/mol. The number of aryl methyl sites for hydroxylation is 2. The zero-order valence-corrected chi connectivity index (χ0v) is 11.2. The summed E-state index contributed by atoms with van der Waals surface area (Å²) in [4.78, 5) is 23.7. The van der Waals surface area contributed by atoms with E-state index in [1.807, 2.05) is 20.9 Å². The van der Waals surface area contributed by atoms with Crippen LogP contribution in [0.1, 0.15) is 29.8 Å². The van der Waals surface area contributed by atoms with Crippen LogP contribution in [-0.4, -0.2) is 38.7 Å². The van der Waals surface area contributed by atoms with Crippen molar-refractivity contribution in [2.75, 3.05) is 7.05 Å². The standard InChI is InChI=1S/C12H19N3O3/c1-8-10(9(2)15(4)13-8)7-14(3)11(16)5-6-12(17)18/h5-7H2,1-4H3,(H,17,18). The third kappa shape index (κ3) is 3.32. The molecule has 1 aromatic heterocycles. The predicted molar refractivity (Wildman–Crippen MR) is 66.0 cm³/mol. The Kier molecular flexibility index (Phi) is 4.47. The summed E-state index contributed by atoms with van der Waals surface area (Å²) >= 11 is 0. The average molecular weight is 253 g/mol. The van der Waals surface area contributed by atoms with Crippen molar-refractivity contribution in [3.63, 3.8) is 0 Å². The van der Waals surface area contributed by atoms with Crippen LogP contribution in [0.15, 0.2) is 0 Å². The van der Waals surface area contributed by atoms with Crippen LogP contribution in [0, 0.1) is 13.8 Å². The van der Waals surface area contributed by atoms with Gasteiger partial charge in [-0.15, -0.1) is 0 Å². The van der Waals surface area contributed by atoms with Crippen molar-refractivity contribution in [2.45, 2.75) is 33.2 Å². The van der Waals surface area contributed by atoms with Crippen molar-refractivity contribution in [1.82, 2.24) is 14.7 Å². The zero-order valence-electron chi connectivity index (χ0n) is 11.2. The van der Waals surface area contributed by atoms with E-state index in [0.29, 0.717) is 6.54 Å². The molecule has 1 rings (SSSR count). The number of hydrogen-bond donors (Lipinski definition) is 1. The normalized spacial score (nSPS) is 10.4. The summed E-state index contributed by atoms with van der Waals surface area (Å²) in [6, 6.07) is 0. The summed E-state index contributed by atoms with van der Waals surface area (Å²) in [6.45, 7) is 4.31. The number of carboxylic acid groups (broad SMARTS) is 1. The molecule has 0 fully saturated rings. The second-order valence-corrected chi connectivity index (χ2v) is 4.42. The Morgan fingerprint density at radius 2 is 1.94 bits per heavy atom. The maximum atomic E-state index is 11.7. The van der Waals surface area contributed by atoms with Crippen molar-refractivity contribution < 1.29 is 14.7 Å². The molecule has 6 nitrogen and oxygen atoms in total. The molecule has 0 radical (unpaired) electrons. The molecule has 0 spiro atoms. The number of carbonyl (C=O) groups excluding carboxylic acids is 1. The number of nitrogens with zero attached hydrogens (tertiary/aromatic N) is 3. The molecule has 1 N–H and O–H groups in total. The second kappa shape index (κ2) is 5.66. The van der Waals surface area contributed by atoms with Crippen LogP contribution >= 0.6 is 0 Å². The third-order valence-electron chi connectivity index (χ3n) is 3.03. The fourth-order valence-corrected chi connectivity index (χ4v) is 1.78. The number of carbonyl (C=O) groups is 2. The Hall–Kier alpha value is -1.85. The molecule has 6 heteroatoms. The van der Waals surface area contributed by atoms with Crippen LogP contribution in [-0.2, 0) is 23.2 Å². The van der Waals surface area contributed by atoms with Gasteiger partial charge in [0.1, 0.15) is 0 Å². The highest BCUT2D eigenvalue weighted by molar-refractivity contribution is 5.80. The second-order valence-electron chi connectivity index (χ2n) is 4.42. The van der Waals surface area contributed by atoms with Crippen LogP contribution in [0.25, 0.3) is 0 Å². The summed E-state index contributed by atoms with van der Waals surface area (Å²) in [5.74, 6) is -1.12. The Bertz CT molecular complexity index is 465. The topological polar surface area (TPSA) is 75.4 Å². The average Bonchev–Trinajstić information content (AvgIpc) is 2.52. The first kappa shape index (κ1) is 14.2. The Labute approximate surface area is 106 Å². The monoisotopic (exact) mass is 253 g/mol. The largest absolute Gasteiger partial charge is 0.481 e. The molecule has 0 bridgehead atoms. The molecule has 1 heterocycles. The Balaban J connectivity index is 2.66. The van der Waals surface area contributed by atoms with E-state index in [0.717, 1.165) is 17.0 Å². The van der Waals surface area contributed by atoms with Gasteiger partial charge < -0.3 is 10.0 Å². The summed E-state index contributed by atoms with van der Waals surface area (Å²) < 4.78 is 1.78. The van der Waals surface area contributed by atoms with E-state index < -0.39 is 5.97 Å². The van der Waals surface area contributed by atoms with Crippen LogP contribution in [0.3, 0.4) is 0 Å². The Morgan fingerprint density at radius 1 is 1.33 bits per heavy atom. The van der Waals surface area contributed by atoms with Crippen molar-refractivity contribution in [2.24, 2.45) is 7.05 Å². The molecule has 0 aliphatic carbocycles. The number of amides is 1. The summed E-state index contributed by atoms with van der Waals surface area (Å²) in [5.41, 5.74) is 2.93. The Morgan fingerprint density at radius 3 is 2.39 bits per heavy atom. The van der Waals surface area contributed by atoms with Crippen molar-refractivity contribution in [3.8, 4) is 0 Å². The van der Waals surface area contributed by atoms with E-state index in [4.69, 9.17) is 5.11 Å². The van der Waals surface area contributed by atoms with Gasteiger partial charge >= 0.3 is 5.97 Å². The maximum absolute atomic E-state index is 11.7. The molecule has 0 aliphatic rings. The van der Waals surface area contributed by atoms with E-state index in [9.17, 15) is 9.59 Å². The lowest BCUT2D eigenvalue weighted by atomic mass is 10.2. The van der Waals surface area contributed by atoms with E-state index in [-0.39, 0.29) is 18.7 Å². The van der Waals surface area contributed by atoms with Gasteiger partial charge in [0.15, 0.2) is 0 Å². The smallest absolute Gasteiger partial charge is 0.303 e. The van der Waals surface area contributed by atoms with Crippen molar-refractivity contribution in [1.29, 1.82) is 0 Å². The lowest BCUT2D eigenvalue weighted by molar-refractivity contribution is -0.140. The summed E-state index contributed by atoms with van der Waals surface area (Å²) in [7, 11) is 3.54. The minimum Gasteiger partial charge on any atom is -0.481 e. The first-order valence-corrected chi connectivity index (χ1v) is 5.77. The molecule has 1 amide bonds. The molecule has 0 atom stereocenters. The highest BCUT2D eigenvalue weighted by atomic mass is 16.4. The molecule has 18 heavy (non-hydrogen) atoms. The number of hydrogen-bond acceptors (Lipinski definition) is 3. The van der Waals surface area contributed by atoms with E-state index in [1.54, 1.807) is 16.6 Å². The molecule has 0 aliphatic heterocycles. The number of rotatable bonds is 5. The highest BCUT2D eigenvalue weighted by Gasteiger charge is 2.15. The van der Waals surface area contributed by atoms with Gasteiger partial charge in [-0.25, -0.2) is 0 Å². The van der Waals surface area contributed by atoms with Crippen LogP contribution < -0.4 is 0 Å². The highest BCUT2D eigenvalue weighted by Crippen LogP contribution is 2.14. The number of aromatic nitrogens is 2. The van der Waals surface area contributed by atoms with Gasteiger partial charge in [0.25, 0.3) is 0 Å². The lowest BCUT2D eigenvalue weighted by Gasteiger charge is -2.17. The lowest BCUT2D eigenvalue weighted by Crippen LogP contribution is -2.27. The summed E-state index contributed by atoms with van der Waals surface area (Å²) in [5, 5.41) is 12.8. The third-order valence-corrected chi connectivity index (χ3v) is 3.03. The van der Waals surface area contributed by atoms with Gasteiger partial charge in [-0.2, -0.15) is 5.10 Å². The molecule has 100 valence electrons.